The zero-order valence-electron chi connectivity index (χ0n) is 17.7. The molecule has 32 heavy (non-hydrogen) atoms. The highest BCUT2D eigenvalue weighted by atomic mass is 35.5. The van der Waals surface area contributed by atoms with Crippen molar-refractivity contribution in [3.8, 4) is 17.3 Å². The lowest BCUT2D eigenvalue weighted by atomic mass is 10.1. The van der Waals surface area contributed by atoms with Crippen molar-refractivity contribution in [2.45, 2.75) is 44.2 Å². The van der Waals surface area contributed by atoms with Crippen molar-refractivity contribution in [3.63, 3.8) is 0 Å². The summed E-state index contributed by atoms with van der Waals surface area (Å²) in [5.74, 6) is -0.464. The number of ether oxygens (including phenoxy) is 1. The molecule has 9 nitrogen and oxygen atoms in total. The number of nitrogens with zero attached hydrogens (tertiary/aromatic N) is 3. The van der Waals surface area contributed by atoms with Crippen molar-refractivity contribution in [2.24, 2.45) is 4.99 Å². The van der Waals surface area contributed by atoms with Gasteiger partial charge in [-0.1, -0.05) is 11.6 Å². The summed E-state index contributed by atoms with van der Waals surface area (Å²) < 4.78 is 7.01. The summed E-state index contributed by atoms with van der Waals surface area (Å²) in [6.07, 6.45) is 4.88. The smallest absolute Gasteiger partial charge is 0.300 e. The third-order valence-electron chi connectivity index (χ3n) is 5.39. The van der Waals surface area contributed by atoms with Crippen LogP contribution in [0.5, 0.6) is 6.01 Å². The molecule has 2 amide bonds. The Morgan fingerprint density at radius 2 is 2.16 bits per heavy atom. The van der Waals surface area contributed by atoms with Crippen molar-refractivity contribution in [3.05, 3.63) is 39.6 Å². The Labute approximate surface area is 189 Å². The minimum absolute atomic E-state index is 0.0597. The summed E-state index contributed by atoms with van der Waals surface area (Å²) in [4.78, 5) is 46.4. The van der Waals surface area contributed by atoms with E-state index < -0.39 is 11.1 Å². The number of carbonyl (C=O) groups excluding carboxylic acids is 2. The van der Waals surface area contributed by atoms with Gasteiger partial charge in [0, 0.05) is 36.3 Å². The van der Waals surface area contributed by atoms with Crippen LogP contribution in [0, 0.1) is 0 Å². The van der Waals surface area contributed by atoms with Crippen molar-refractivity contribution in [2.75, 3.05) is 19.0 Å². The third-order valence-corrected chi connectivity index (χ3v) is 5.62. The molecule has 2 N–H and O–H groups in total. The first-order valence-corrected chi connectivity index (χ1v) is 10.9. The fourth-order valence-electron chi connectivity index (χ4n) is 3.61. The van der Waals surface area contributed by atoms with Crippen LogP contribution < -0.4 is 20.9 Å². The average molecular weight is 458 g/mol. The van der Waals surface area contributed by atoms with Gasteiger partial charge in [-0.3, -0.25) is 23.9 Å². The average Bonchev–Trinajstić information content (AvgIpc) is 3.48. The zero-order chi connectivity index (χ0) is 22.7. The molecule has 1 aliphatic heterocycles. The molecule has 0 spiro atoms. The predicted molar refractivity (Wildman–Crippen MR) is 121 cm³/mol. The number of carbonyl (C=O) groups is 2. The Hall–Kier alpha value is -3.20. The van der Waals surface area contributed by atoms with Crippen LogP contribution in [-0.2, 0) is 16.1 Å². The lowest BCUT2D eigenvalue weighted by Crippen LogP contribution is -2.41. The first-order chi connectivity index (χ1) is 15.4. The highest BCUT2D eigenvalue weighted by molar-refractivity contribution is 6.31. The second-order valence-electron chi connectivity index (χ2n) is 7.98. The van der Waals surface area contributed by atoms with Gasteiger partial charge >= 0.3 is 0 Å². The van der Waals surface area contributed by atoms with Crippen molar-refractivity contribution in [1.82, 2.24) is 14.9 Å². The molecule has 0 unspecified atom stereocenters. The molecule has 1 fully saturated rings. The molecule has 2 bridgehead atoms. The largest absolute Gasteiger partial charge is 0.465 e. The van der Waals surface area contributed by atoms with E-state index in [0.717, 1.165) is 12.8 Å². The number of hydrogen-bond acceptors (Lipinski definition) is 6. The number of hydrogen-bond donors (Lipinski definition) is 2. The number of aromatic nitrogens is 2. The van der Waals surface area contributed by atoms with Crippen molar-refractivity contribution >= 4 is 35.3 Å². The number of amides is 2. The van der Waals surface area contributed by atoms with Crippen LogP contribution in [0.1, 0.15) is 32.1 Å². The summed E-state index contributed by atoms with van der Waals surface area (Å²) in [5, 5.41) is 6.23. The van der Waals surface area contributed by atoms with Crippen LogP contribution >= 0.6 is 11.6 Å². The molecule has 1 aromatic carbocycles. The minimum Gasteiger partial charge on any atom is -0.465 e. The fourth-order valence-corrected chi connectivity index (χ4v) is 3.79. The van der Waals surface area contributed by atoms with E-state index in [1.807, 2.05) is 0 Å². The second-order valence-corrected chi connectivity index (χ2v) is 8.42. The van der Waals surface area contributed by atoms with E-state index in [9.17, 15) is 14.4 Å². The number of benzene rings is 1. The number of halogens is 1. The van der Waals surface area contributed by atoms with E-state index in [2.05, 4.69) is 20.6 Å². The van der Waals surface area contributed by atoms with Gasteiger partial charge in [0.15, 0.2) is 0 Å². The number of nitrogens with one attached hydrogen (secondary N) is 2. The third kappa shape index (κ3) is 4.99. The SMILES string of the molecule is CN=CC1(NC(=O)Cn2c3nc(cc2=O)-c2ccc(Cl)cc2NC(=O)CCCCO3)CC1. The van der Waals surface area contributed by atoms with Crippen molar-refractivity contribution in [1.29, 1.82) is 0 Å². The molecule has 1 saturated carbocycles. The van der Waals surface area contributed by atoms with Crippen LogP contribution in [0.2, 0.25) is 5.02 Å². The maximum Gasteiger partial charge on any atom is 0.300 e. The predicted octanol–water partition coefficient (Wildman–Crippen LogP) is 2.41. The molecular weight excluding hydrogens is 434 g/mol. The van der Waals surface area contributed by atoms with Crippen molar-refractivity contribution < 1.29 is 14.3 Å². The van der Waals surface area contributed by atoms with Crippen LogP contribution in [0.25, 0.3) is 11.3 Å². The minimum atomic E-state index is -0.432. The number of rotatable bonds is 4. The Balaban J connectivity index is 1.70. The van der Waals surface area contributed by atoms with E-state index in [1.165, 1.54) is 10.6 Å². The van der Waals surface area contributed by atoms with E-state index in [4.69, 9.17) is 16.3 Å². The highest BCUT2D eigenvalue weighted by Gasteiger charge is 2.42. The normalized spacial score (nSPS) is 17.4. The van der Waals surface area contributed by atoms with Crippen LogP contribution in [-0.4, -0.2) is 46.8 Å². The van der Waals surface area contributed by atoms with Gasteiger partial charge in [0.25, 0.3) is 11.6 Å². The number of anilines is 1. The van der Waals surface area contributed by atoms with Gasteiger partial charge in [0.05, 0.1) is 23.5 Å². The van der Waals surface area contributed by atoms with Gasteiger partial charge in [-0.2, -0.15) is 4.98 Å². The van der Waals surface area contributed by atoms with Gasteiger partial charge in [-0.25, -0.2) is 0 Å². The molecule has 0 atom stereocenters. The fraction of sp³-hybridized carbons (Fsp3) is 0.409. The summed E-state index contributed by atoms with van der Waals surface area (Å²) >= 11 is 6.11. The first kappa shape index (κ1) is 22.0. The lowest BCUT2D eigenvalue weighted by molar-refractivity contribution is -0.122. The lowest BCUT2D eigenvalue weighted by Gasteiger charge is -2.18. The van der Waals surface area contributed by atoms with Gasteiger partial charge < -0.3 is 15.4 Å². The van der Waals surface area contributed by atoms with Gasteiger partial charge in [0.2, 0.25) is 11.8 Å². The molecule has 0 saturated heterocycles. The van der Waals surface area contributed by atoms with E-state index in [-0.39, 0.29) is 31.0 Å². The molecule has 1 aliphatic carbocycles. The molecule has 168 valence electrons. The number of fused-ring (bicyclic) bond motifs is 4. The van der Waals surface area contributed by atoms with E-state index in [1.54, 1.807) is 31.5 Å². The quantitative estimate of drug-likeness (QED) is 0.684. The topological polar surface area (TPSA) is 115 Å². The van der Waals surface area contributed by atoms with Gasteiger partial charge in [0.1, 0.15) is 6.54 Å². The summed E-state index contributed by atoms with van der Waals surface area (Å²) in [7, 11) is 1.66. The van der Waals surface area contributed by atoms with Gasteiger partial charge in [-0.05, 0) is 43.9 Å². The molecular formula is C22H24ClN5O4. The van der Waals surface area contributed by atoms with E-state index >= 15 is 0 Å². The standard InChI is InChI=1S/C22H24ClN5O4/c1-24-13-22(7-8-22)27-19(30)12-28-20(31)11-17-15-6-5-14(23)10-16(15)25-18(29)4-2-3-9-32-21(28)26-17/h5-6,10-11,13H,2-4,7-9,12H2,1H3,(H,25,29)(H,27,30). The molecule has 10 heteroatoms. The molecule has 0 radical (unpaired) electrons. The molecule has 1 aromatic heterocycles. The maximum absolute atomic E-state index is 13.0. The molecule has 2 aromatic rings. The number of aliphatic imine (C=N–C) groups is 1. The summed E-state index contributed by atoms with van der Waals surface area (Å²) in [5.41, 5.74) is 0.477. The second kappa shape index (κ2) is 9.12. The summed E-state index contributed by atoms with van der Waals surface area (Å²) in [6.45, 7) is 0.0512. The van der Waals surface area contributed by atoms with Crippen LogP contribution in [0.4, 0.5) is 5.69 Å². The Bertz CT molecular complexity index is 1140. The first-order valence-electron chi connectivity index (χ1n) is 10.5. The monoisotopic (exact) mass is 457 g/mol. The molecule has 2 aliphatic rings. The van der Waals surface area contributed by atoms with Gasteiger partial charge in [-0.15, -0.1) is 0 Å². The maximum atomic E-state index is 13.0. The van der Waals surface area contributed by atoms with Crippen LogP contribution in [0.3, 0.4) is 0 Å². The van der Waals surface area contributed by atoms with E-state index in [0.29, 0.717) is 41.2 Å². The summed E-state index contributed by atoms with van der Waals surface area (Å²) in [6, 6.07) is 6.35. The zero-order valence-corrected chi connectivity index (χ0v) is 18.4. The Kier molecular flexibility index (Phi) is 6.27. The molecule has 4 rings (SSSR count). The Morgan fingerprint density at radius 3 is 2.91 bits per heavy atom. The Morgan fingerprint density at radius 1 is 1.34 bits per heavy atom. The van der Waals surface area contributed by atoms with Crippen LogP contribution in [0.15, 0.2) is 34.1 Å². The highest BCUT2D eigenvalue weighted by Crippen LogP contribution is 2.33. The molecule has 2 heterocycles.